The number of halogens is 1. The van der Waals surface area contributed by atoms with Crippen LogP contribution in [0, 0.1) is 0 Å². The molecule has 0 spiro atoms. The Kier molecular flexibility index (Phi) is 2.74. The quantitative estimate of drug-likeness (QED) is 0.873. The van der Waals surface area contributed by atoms with Gasteiger partial charge in [0.15, 0.2) is 0 Å². The van der Waals surface area contributed by atoms with Crippen LogP contribution >= 0.6 is 15.9 Å². The number of para-hydroxylation sites is 1. The first-order valence-electron chi connectivity index (χ1n) is 5.97. The third-order valence-electron chi connectivity index (χ3n) is 3.47. The van der Waals surface area contributed by atoms with Gasteiger partial charge in [-0.15, -0.1) is 0 Å². The van der Waals surface area contributed by atoms with E-state index >= 15 is 0 Å². The minimum absolute atomic E-state index is 0.381. The molecule has 1 aromatic heterocycles. The number of aromatic nitrogens is 2. The standard InChI is InChI=1S/C13H14BrN3/c14-10-7-3-6-9-11(8-4-1-2-5-8)16-13(15)17-12(9)10/h3,6-8H,1-2,4-5H2,(H2,15,16,17). The van der Waals surface area contributed by atoms with Gasteiger partial charge in [-0.3, -0.25) is 0 Å². The van der Waals surface area contributed by atoms with Gasteiger partial charge in [-0.05, 0) is 34.8 Å². The van der Waals surface area contributed by atoms with E-state index in [4.69, 9.17) is 5.73 Å². The fraction of sp³-hybridized carbons (Fsp3) is 0.385. The molecule has 1 saturated carbocycles. The van der Waals surface area contributed by atoms with Crippen LogP contribution in [0.25, 0.3) is 10.9 Å². The average molecular weight is 292 g/mol. The highest BCUT2D eigenvalue weighted by molar-refractivity contribution is 9.10. The first-order chi connectivity index (χ1) is 8.25. The van der Waals surface area contributed by atoms with E-state index < -0.39 is 0 Å². The van der Waals surface area contributed by atoms with Crippen molar-refractivity contribution in [2.45, 2.75) is 31.6 Å². The summed E-state index contributed by atoms with van der Waals surface area (Å²) in [6, 6.07) is 6.12. The zero-order valence-corrected chi connectivity index (χ0v) is 11.1. The van der Waals surface area contributed by atoms with E-state index in [1.807, 2.05) is 12.1 Å². The van der Waals surface area contributed by atoms with Crippen LogP contribution < -0.4 is 5.73 Å². The highest BCUT2D eigenvalue weighted by atomic mass is 79.9. The monoisotopic (exact) mass is 291 g/mol. The minimum atomic E-state index is 0.381. The average Bonchev–Trinajstić information content (AvgIpc) is 2.83. The molecule has 0 radical (unpaired) electrons. The van der Waals surface area contributed by atoms with Crippen molar-refractivity contribution >= 4 is 32.8 Å². The van der Waals surface area contributed by atoms with Crippen molar-refractivity contribution in [1.82, 2.24) is 9.97 Å². The lowest BCUT2D eigenvalue weighted by atomic mass is 9.99. The molecule has 1 aromatic carbocycles. The summed E-state index contributed by atoms with van der Waals surface area (Å²) in [5, 5.41) is 1.14. The van der Waals surface area contributed by atoms with Crippen molar-refractivity contribution in [3.8, 4) is 0 Å². The lowest BCUT2D eigenvalue weighted by Gasteiger charge is -2.12. The second-order valence-electron chi connectivity index (χ2n) is 4.58. The van der Waals surface area contributed by atoms with E-state index in [1.54, 1.807) is 0 Å². The molecule has 0 saturated heterocycles. The molecule has 0 atom stereocenters. The number of nitrogens with zero attached hydrogens (tertiary/aromatic N) is 2. The van der Waals surface area contributed by atoms with Gasteiger partial charge in [-0.2, -0.15) is 0 Å². The molecule has 0 bridgehead atoms. The number of anilines is 1. The number of nitrogens with two attached hydrogens (primary N) is 1. The Morgan fingerprint density at radius 3 is 2.71 bits per heavy atom. The number of hydrogen-bond donors (Lipinski definition) is 1. The van der Waals surface area contributed by atoms with Crippen LogP contribution in [-0.2, 0) is 0 Å². The van der Waals surface area contributed by atoms with Crippen molar-refractivity contribution in [1.29, 1.82) is 0 Å². The van der Waals surface area contributed by atoms with Crippen LogP contribution in [0.2, 0.25) is 0 Å². The molecule has 88 valence electrons. The molecule has 4 heteroatoms. The molecular formula is C13H14BrN3. The van der Waals surface area contributed by atoms with Gasteiger partial charge >= 0.3 is 0 Å². The Morgan fingerprint density at radius 1 is 1.18 bits per heavy atom. The molecule has 1 heterocycles. The van der Waals surface area contributed by atoms with Gasteiger partial charge in [0.1, 0.15) is 0 Å². The largest absolute Gasteiger partial charge is 0.368 e. The smallest absolute Gasteiger partial charge is 0.220 e. The summed E-state index contributed by atoms with van der Waals surface area (Å²) in [4.78, 5) is 8.80. The molecule has 17 heavy (non-hydrogen) atoms. The second kappa shape index (κ2) is 4.26. The number of nitrogen functional groups attached to an aromatic ring is 1. The zero-order chi connectivity index (χ0) is 11.8. The SMILES string of the molecule is Nc1nc(C2CCCC2)c2cccc(Br)c2n1. The van der Waals surface area contributed by atoms with Crippen LogP contribution in [0.4, 0.5) is 5.95 Å². The van der Waals surface area contributed by atoms with E-state index in [2.05, 4.69) is 32.0 Å². The predicted molar refractivity (Wildman–Crippen MR) is 72.9 cm³/mol. The maximum absolute atomic E-state index is 5.82. The van der Waals surface area contributed by atoms with Crippen molar-refractivity contribution in [2.24, 2.45) is 0 Å². The first-order valence-corrected chi connectivity index (χ1v) is 6.76. The highest BCUT2D eigenvalue weighted by Gasteiger charge is 2.21. The van der Waals surface area contributed by atoms with Crippen molar-refractivity contribution < 1.29 is 0 Å². The third kappa shape index (κ3) is 1.90. The van der Waals surface area contributed by atoms with Crippen LogP contribution in [0.1, 0.15) is 37.3 Å². The summed E-state index contributed by atoms with van der Waals surface area (Å²) >= 11 is 3.53. The molecule has 1 fully saturated rings. The molecule has 0 unspecified atom stereocenters. The second-order valence-corrected chi connectivity index (χ2v) is 5.44. The number of fused-ring (bicyclic) bond motifs is 1. The fourth-order valence-corrected chi connectivity index (χ4v) is 3.12. The molecule has 3 nitrogen and oxygen atoms in total. The minimum Gasteiger partial charge on any atom is -0.368 e. The fourth-order valence-electron chi connectivity index (χ4n) is 2.67. The number of hydrogen-bond acceptors (Lipinski definition) is 3. The van der Waals surface area contributed by atoms with Gasteiger partial charge in [0, 0.05) is 15.8 Å². The Balaban J connectivity index is 2.25. The summed E-state index contributed by atoms with van der Waals surface area (Å²) in [6.45, 7) is 0. The molecule has 2 aromatic rings. The van der Waals surface area contributed by atoms with Crippen molar-refractivity contribution in [2.75, 3.05) is 5.73 Å². The normalized spacial score (nSPS) is 16.8. The lowest BCUT2D eigenvalue weighted by molar-refractivity contribution is 0.704. The summed E-state index contributed by atoms with van der Waals surface area (Å²) < 4.78 is 0.989. The molecule has 2 N–H and O–H groups in total. The van der Waals surface area contributed by atoms with Gasteiger partial charge in [0.25, 0.3) is 0 Å². The van der Waals surface area contributed by atoms with Crippen LogP contribution in [-0.4, -0.2) is 9.97 Å². The van der Waals surface area contributed by atoms with E-state index in [-0.39, 0.29) is 0 Å². The Morgan fingerprint density at radius 2 is 1.94 bits per heavy atom. The van der Waals surface area contributed by atoms with Gasteiger partial charge in [0.2, 0.25) is 5.95 Å². The highest BCUT2D eigenvalue weighted by Crippen LogP contribution is 2.37. The van der Waals surface area contributed by atoms with Gasteiger partial charge < -0.3 is 5.73 Å². The maximum atomic E-state index is 5.82. The lowest BCUT2D eigenvalue weighted by Crippen LogP contribution is -2.04. The van der Waals surface area contributed by atoms with Crippen LogP contribution in [0.3, 0.4) is 0 Å². The summed E-state index contributed by atoms with van der Waals surface area (Å²) in [6.07, 6.45) is 5.03. The topological polar surface area (TPSA) is 51.8 Å². The molecule has 0 amide bonds. The Hall–Kier alpha value is -1.16. The maximum Gasteiger partial charge on any atom is 0.220 e. The van der Waals surface area contributed by atoms with Crippen LogP contribution in [0.5, 0.6) is 0 Å². The molecule has 1 aliphatic carbocycles. The van der Waals surface area contributed by atoms with E-state index in [9.17, 15) is 0 Å². The Labute approximate surface area is 109 Å². The van der Waals surface area contributed by atoms with Crippen molar-refractivity contribution in [3.05, 3.63) is 28.4 Å². The van der Waals surface area contributed by atoms with Gasteiger partial charge in [-0.25, -0.2) is 9.97 Å². The predicted octanol–water partition coefficient (Wildman–Crippen LogP) is 3.63. The van der Waals surface area contributed by atoms with Gasteiger partial charge in [0.05, 0.1) is 11.2 Å². The summed E-state index contributed by atoms with van der Waals surface area (Å²) in [7, 11) is 0. The number of rotatable bonds is 1. The molecule has 0 aliphatic heterocycles. The third-order valence-corrected chi connectivity index (χ3v) is 4.11. The van der Waals surface area contributed by atoms with Gasteiger partial charge in [-0.1, -0.05) is 25.0 Å². The van der Waals surface area contributed by atoms with E-state index in [0.29, 0.717) is 11.9 Å². The van der Waals surface area contributed by atoms with E-state index in [1.165, 1.54) is 25.7 Å². The number of benzene rings is 1. The summed E-state index contributed by atoms with van der Waals surface area (Å²) in [5.41, 5.74) is 7.88. The molecular weight excluding hydrogens is 278 g/mol. The Bertz CT molecular complexity index is 562. The van der Waals surface area contributed by atoms with Crippen molar-refractivity contribution in [3.63, 3.8) is 0 Å². The van der Waals surface area contributed by atoms with Crippen LogP contribution in [0.15, 0.2) is 22.7 Å². The summed E-state index contributed by atoms with van der Waals surface area (Å²) in [5.74, 6) is 0.934. The van der Waals surface area contributed by atoms with E-state index in [0.717, 1.165) is 21.1 Å². The first kappa shape index (κ1) is 11.0. The zero-order valence-electron chi connectivity index (χ0n) is 9.49. The molecule has 3 rings (SSSR count). The molecule has 1 aliphatic rings.